The first-order chi connectivity index (χ1) is 8.56. The quantitative estimate of drug-likeness (QED) is 0.823. The fraction of sp³-hybridized carbons (Fsp3) is 0.500. The van der Waals surface area contributed by atoms with E-state index in [4.69, 9.17) is 18.0 Å². The van der Waals surface area contributed by atoms with Crippen LogP contribution in [0.5, 0.6) is 0 Å². The molecule has 98 valence electrons. The zero-order valence-corrected chi connectivity index (χ0v) is 11.4. The Kier molecular flexibility index (Phi) is 4.17. The first kappa shape index (κ1) is 13.3. The molecule has 0 aliphatic heterocycles. The lowest BCUT2D eigenvalue weighted by molar-refractivity contribution is 0.361. The molecule has 0 radical (unpaired) electrons. The predicted molar refractivity (Wildman–Crippen MR) is 77.3 cm³/mol. The van der Waals surface area contributed by atoms with Crippen molar-refractivity contribution in [3.8, 4) is 0 Å². The fourth-order valence-corrected chi connectivity index (χ4v) is 2.64. The average Bonchev–Trinajstić information content (AvgIpc) is 2.34. The van der Waals surface area contributed by atoms with E-state index in [0.29, 0.717) is 11.6 Å². The smallest absolute Gasteiger partial charge is 0.124 e. The summed E-state index contributed by atoms with van der Waals surface area (Å²) in [5, 5.41) is 3.44. The molecule has 0 spiro atoms. The van der Waals surface area contributed by atoms with Crippen LogP contribution in [-0.4, -0.2) is 11.0 Å². The third kappa shape index (κ3) is 3.19. The van der Waals surface area contributed by atoms with Crippen LogP contribution in [0.15, 0.2) is 18.2 Å². The van der Waals surface area contributed by atoms with Crippen molar-refractivity contribution in [2.75, 3.05) is 5.32 Å². The van der Waals surface area contributed by atoms with Gasteiger partial charge in [0.1, 0.15) is 10.8 Å². The SMILES string of the molecule is CC1CCC(Nc2ccc(F)cc2C(N)=S)CC1. The molecular weight excluding hydrogens is 247 g/mol. The van der Waals surface area contributed by atoms with Crippen LogP contribution in [0, 0.1) is 11.7 Å². The number of rotatable bonds is 3. The van der Waals surface area contributed by atoms with Gasteiger partial charge in [-0.3, -0.25) is 0 Å². The molecular formula is C14H19FN2S. The number of anilines is 1. The standard InChI is InChI=1S/C14H19FN2S/c1-9-2-5-11(6-3-9)17-13-7-4-10(15)8-12(13)14(16)18/h4,7-9,11,17H,2-3,5-6H2,1H3,(H2,16,18). The Balaban J connectivity index is 2.11. The lowest BCUT2D eigenvalue weighted by atomic mass is 9.87. The van der Waals surface area contributed by atoms with Crippen LogP contribution in [0.3, 0.4) is 0 Å². The van der Waals surface area contributed by atoms with Crippen molar-refractivity contribution in [1.82, 2.24) is 0 Å². The highest BCUT2D eigenvalue weighted by molar-refractivity contribution is 7.80. The maximum atomic E-state index is 13.2. The van der Waals surface area contributed by atoms with Crippen molar-refractivity contribution in [1.29, 1.82) is 0 Å². The number of nitrogens with one attached hydrogen (secondary N) is 1. The maximum absolute atomic E-state index is 13.2. The van der Waals surface area contributed by atoms with E-state index in [1.807, 2.05) is 0 Å². The largest absolute Gasteiger partial charge is 0.389 e. The Bertz CT molecular complexity index is 439. The molecule has 18 heavy (non-hydrogen) atoms. The number of nitrogens with two attached hydrogens (primary N) is 1. The molecule has 1 aromatic rings. The Morgan fingerprint density at radius 2 is 2.00 bits per heavy atom. The number of hydrogen-bond donors (Lipinski definition) is 2. The molecule has 1 aliphatic rings. The molecule has 2 rings (SSSR count). The van der Waals surface area contributed by atoms with Gasteiger partial charge in [-0.25, -0.2) is 4.39 Å². The molecule has 0 atom stereocenters. The normalized spacial score (nSPS) is 23.7. The van der Waals surface area contributed by atoms with Gasteiger partial charge in [-0.15, -0.1) is 0 Å². The molecule has 1 aliphatic carbocycles. The Morgan fingerprint density at radius 3 is 2.61 bits per heavy atom. The highest BCUT2D eigenvalue weighted by atomic mass is 32.1. The Morgan fingerprint density at radius 1 is 1.33 bits per heavy atom. The van der Waals surface area contributed by atoms with Crippen molar-refractivity contribution in [3.63, 3.8) is 0 Å². The molecule has 0 unspecified atom stereocenters. The van der Waals surface area contributed by atoms with E-state index in [0.717, 1.165) is 24.4 Å². The van der Waals surface area contributed by atoms with Gasteiger partial charge in [0, 0.05) is 17.3 Å². The second kappa shape index (κ2) is 5.65. The van der Waals surface area contributed by atoms with Gasteiger partial charge in [-0.2, -0.15) is 0 Å². The zero-order valence-electron chi connectivity index (χ0n) is 10.6. The molecule has 0 heterocycles. The van der Waals surface area contributed by atoms with E-state index < -0.39 is 0 Å². The number of thiocarbonyl (C=S) groups is 1. The van der Waals surface area contributed by atoms with Crippen molar-refractivity contribution >= 4 is 22.9 Å². The van der Waals surface area contributed by atoms with E-state index in [2.05, 4.69) is 12.2 Å². The summed E-state index contributed by atoms with van der Waals surface area (Å²) in [6.45, 7) is 2.29. The summed E-state index contributed by atoms with van der Waals surface area (Å²) < 4.78 is 13.2. The van der Waals surface area contributed by atoms with Gasteiger partial charge in [0.25, 0.3) is 0 Å². The second-order valence-corrected chi connectivity index (χ2v) is 5.60. The Hall–Kier alpha value is -1.16. The van der Waals surface area contributed by atoms with Crippen molar-refractivity contribution in [3.05, 3.63) is 29.6 Å². The predicted octanol–water partition coefficient (Wildman–Crippen LogP) is 3.45. The van der Waals surface area contributed by atoms with E-state index in [1.54, 1.807) is 6.07 Å². The summed E-state index contributed by atoms with van der Waals surface area (Å²) in [5.74, 6) is 0.506. The minimum absolute atomic E-state index is 0.237. The fourth-order valence-electron chi connectivity index (χ4n) is 2.47. The lowest BCUT2D eigenvalue weighted by Crippen LogP contribution is -2.26. The number of halogens is 1. The van der Waals surface area contributed by atoms with E-state index in [1.165, 1.54) is 25.0 Å². The average molecular weight is 266 g/mol. The number of benzene rings is 1. The lowest BCUT2D eigenvalue weighted by Gasteiger charge is -2.28. The molecule has 1 aromatic carbocycles. The zero-order chi connectivity index (χ0) is 13.1. The van der Waals surface area contributed by atoms with Gasteiger partial charge in [-0.05, 0) is 49.8 Å². The highest BCUT2D eigenvalue weighted by Gasteiger charge is 2.19. The molecule has 0 bridgehead atoms. The van der Waals surface area contributed by atoms with E-state index in [9.17, 15) is 4.39 Å². The van der Waals surface area contributed by atoms with E-state index in [-0.39, 0.29) is 10.8 Å². The number of hydrogen-bond acceptors (Lipinski definition) is 2. The third-order valence-corrected chi connectivity index (χ3v) is 3.84. The molecule has 1 fully saturated rings. The minimum Gasteiger partial charge on any atom is -0.389 e. The van der Waals surface area contributed by atoms with Crippen LogP contribution >= 0.6 is 12.2 Å². The maximum Gasteiger partial charge on any atom is 0.124 e. The summed E-state index contributed by atoms with van der Waals surface area (Å²) in [7, 11) is 0. The van der Waals surface area contributed by atoms with Gasteiger partial charge >= 0.3 is 0 Å². The van der Waals surface area contributed by atoms with Crippen LogP contribution < -0.4 is 11.1 Å². The van der Waals surface area contributed by atoms with Gasteiger partial charge in [0.05, 0.1) is 0 Å². The van der Waals surface area contributed by atoms with E-state index >= 15 is 0 Å². The summed E-state index contributed by atoms with van der Waals surface area (Å²) in [6, 6.07) is 5.01. The molecule has 2 nitrogen and oxygen atoms in total. The first-order valence-electron chi connectivity index (χ1n) is 6.42. The molecule has 4 heteroatoms. The first-order valence-corrected chi connectivity index (χ1v) is 6.83. The Labute approximate surface area is 113 Å². The topological polar surface area (TPSA) is 38.0 Å². The van der Waals surface area contributed by atoms with Crippen molar-refractivity contribution < 1.29 is 4.39 Å². The molecule has 0 amide bonds. The summed E-state index contributed by atoms with van der Waals surface area (Å²) >= 11 is 4.97. The monoisotopic (exact) mass is 266 g/mol. The minimum atomic E-state index is -0.305. The highest BCUT2D eigenvalue weighted by Crippen LogP contribution is 2.27. The molecule has 0 saturated heterocycles. The third-order valence-electron chi connectivity index (χ3n) is 3.62. The van der Waals surface area contributed by atoms with Crippen LogP contribution in [0.1, 0.15) is 38.2 Å². The second-order valence-electron chi connectivity index (χ2n) is 5.16. The summed E-state index contributed by atoms with van der Waals surface area (Å²) in [4.78, 5) is 0.237. The van der Waals surface area contributed by atoms with Gasteiger partial charge in [-0.1, -0.05) is 19.1 Å². The summed E-state index contributed by atoms with van der Waals surface area (Å²) in [6.07, 6.45) is 4.77. The van der Waals surface area contributed by atoms with Crippen molar-refractivity contribution in [2.45, 2.75) is 38.6 Å². The van der Waals surface area contributed by atoms with Crippen molar-refractivity contribution in [2.24, 2.45) is 11.7 Å². The molecule has 1 saturated carbocycles. The molecule has 3 N–H and O–H groups in total. The van der Waals surface area contributed by atoms with Crippen LogP contribution in [0.2, 0.25) is 0 Å². The molecule has 0 aromatic heterocycles. The van der Waals surface area contributed by atoms with Gasteiger partial charge in [0.2, 0.25) is 0 Å². The van der Waals surface area contributed by atoms with Crippen LogP contribution in [0.25, 0.3) is 0 Å². The van der Waals surface area contributed by atoms with Gasteiger partial charge < -0.3 is 11.1 Å². The van der Waals surface area contributed by atoms with Crippen LogP contribution in [0.4, 0.5) is 10.1 Å². The van der Waals surface area contributed by atoms with Crippen LogP contribution in [-0.2, 0) is 0 Å². The summed E-state index contributed by atoms with van der Waals surface area (Å²) in [5.41, 5.74) is 7.09. The van der Waals surface area contributed by atoms with Gasteiger partial charge in [0.15, 0.2) is 0 Å².